The molecule has 0 unspecified atom stereocenters. The highest BCUT2D eigenvalue weighted by Crippen LogP contribution is 2.27. The molecule has 0 aromatic heterocycles. The summed E-state index contributed by atoms with van der Waals surface area (Å²) in [5.41, 5.74) is 2.10. The first kappa shape index (κ1) is 30.9. The monoisotopic (exact) mass is 569 g/mol. The molecule has 2 amide bonds. The fourth-order valence-electron chi connectivity index (χ4n) is 3.98. The van der Waals surface area contributed by atoms with Crippen molar-refractivity contribution in [1.29, 1.82) is 0 Å². The standard InChI is InChI=1S/C27H37Cl2N3O4S/c1-6-20(4)30-27(34)24(7-2)31(18-21-11-14-22(28)15-12-21)26(33)9-8-16-32(37(5,35)36)25-17-23(29)13-10-19(25)3/h10-15,17,20,24H,6-9,16,18H2,1-5H3,(H,30,34)/t20-,24-/m1/s1. The number of nitrogens with one attached hydrogen (secondary N) is 1. The van der Waals surface area contributed by atoms with Crippen LogP contribution in [-0.2, 0) is 26.2 Å². The highest BCUT2D eigenvalue weighted by Gasteiger charge is 2.29. The van der Waals surface area contributed by atoms with Crippen LogP contribution in [0.3, 0.4) is 0 Å². The summed E-state index contributed by atoms with van der Waals surface area (Å²) >= 11 is 12.1. The van der Waals surface area contributed by atoms with Crippen LogP contribution in [0.2, 0.25) is 10.0 Å². The molecular weight excluding hydrogens is 533 g/mol. The molecule has 10 heteroatoms. The van der Waals surface area contributed by atoms with Crippen molar-refractivity contribution in [2.45, 2.75) is 72.0 Å². The van der Waals surface area contributed by atoms with Crippen LogP contribution >= 0.6 is 23.2 Å². The zero-order valence-corrected chi connectivity index (χ0v) is 24.5. The Hall–Kier alpha value is -2.29. The largest absolute Gasteiger partial charge is 0.352 e. The van der Waals surface area contributed by atoms with Crippen molar-refractivity contribution in [3.8, 4) is 0 Å². The second kappa shape index (κ2) is 14.0. The highest BCUT2D eigenvalue weighted by atomic mass is 35.5. The van der Waals surface area contributed by atoms with Gasteiger partial charge in [-0.25, -0.2) is 8.42 Å². The van der Waals surface area contributed by atoms with Gasteiger partial charge in [-0.1, -0.05) is 55.2 Å². The average Bonchev–Trinajstić information content (AvgIpc) is 2.83. The number of rotatable bonds is 13. The summed E-state index contributed by atoms with van der Waals surface area (Å²) in [6.45, 7) is 7.94. The maximum Gasteiger partial charge on any atom is 0.243 e. The molecule has 7 nitrogen and oxygen atoms in total. The third-order valence-electron chi connectivity index (χ3n) is 6.25. The second-order valence-electron chi connectivity index (χ2n) is 9.26. The lowest BCUT2D eigenvalue weighted by molar-refractivity contribution is -0.141. The molecule has 0 heterocycles. The van der Waals surface area contributed by atoms with Gasteiger partial charge in [-0.05, 0) is 68.5 Å². The number of sulfonamides is 1. The zero-order valence-electron chi connectivity index (χ0n) is 22.1. The number of anilines is 1. The van der Waals surface area contributed by atoms with Crippen LogP contribution in [0.25, 0.3) is 0 Å². The van der Waals surface area contributed by atoms with Crippen molar-refractivity contribution >= 4 is 50.7 Å². The van der Waals surface area contributed by atoms with Gasteiger partial charge in [0.2, 0.25) is 21.8 Å². The van der Waals surface area contributed by atoms with E-state index in [1.165, 1.54) is 4.31 Å². The van der Waals surface area contributed by atoms with Crippen LogP contribution in [-0.4, -0.2) is 50.0 Å². The van der Waals surface area contributed by atoms with Gasteiger partial charge >= 0.3 is 0 Å². The topological polar surface area (TPSA) is 86.8 Å². The summed E-state index contributed by atoms with van der Waals surface area (Å²) in [7, 11) is -3.61. The molecule has 0 radical (unpaired) electrons. The lowest BCUT2D eigenvalue weighted by atomic mass is 10.1. The molecule has 0 bridgehead atoms. The number of carbonyl (C=O) groups is 2. The molecule has 2 aromatic rings. The van der Waals surface area contributed by atoms with Crippen molar-refractivity contribution in [3.05, 3.63) is 63.6 Å². The first-order chi connectivity index (χ1) is 17.4. The van der Waals surface area contributed by atoms with Crippen LogP contribution < -0.4 is 9.62 Å². The van der Waals surface area contributed by atoms with E-state index in [0.717, 1.165) is 23.8 Å². The van der Waals surface area contributed by atoms with E-state index in [4.69, 9.17) is 23.2 Å². The predicted octanol–water partition coefficient (Wildman–Crippen LogP) is 5.57. The van der Waals surface area contributed by atoms with Gasteiger partial charge in [-0.3, -0.25) is 13.9 Å². The Kier molecular flexibility index (Phi) is 11.7. The zero-order chi connectivity index (χ0) is 27.8. The van der Waals surface area contributed by atoms with Crippen LogP contribution in [0.4, 0.5) is 5.69 Å². The summed E-state index contributed by atoms with van der Waals surface area (Å²) in [5, 5.41) is 4.00. The third kappa shape index (κ3) is 9.20. The molecule has 2 rings (SSSR count). The van der Waals surface area contributed by atoms with E-state index in [1.807, 2.05) is 39.8 Å². The Labute approximate surface area is 231 Å². The van der Waals surface area contributed by atoms with Gasteiger partial charge in [-0.15, -0.1) is 0 Å². The fraction of sp³-hybridized carbons (Fsp3) is 0.481. The van der Waals surface area contributed by atoms with Crippen molar-refractivity contribution in [1.82, 2.24) is 10.2 Å². The van der Waals surface area contributed by atoms with Crippen LogP contribution in [0.1, 0.15) is 57.6 Å². The fourth-order valence-corrected chi connectivity index (χ4v) is 5.29. The number of amides is 2. The molecular formula is C27H37Cl2N3O4S. The summed E-state index contributed by atoms with van der Waals surface area (Å²) in [4.78, 5) is 28.1. The van der Waals surface area contributed by atoms with E-state index < -0.39 is 16.1 Å². The smallest absolute Gasteiger partial charge is 0.243 e. The SMILES string of the molecule is CC[C@@H](C)NC(=O)[C@@H](CC)N(Cc1ccc(Cl)cc1)C(=O)CCCN(c1cc(Cl)ccc1C)S(C)(=O)=O. The minimum atomic E-state index is -3.61. The molecule has 204 valence electrons. The molecule has 0 aliphatic heterocycles. The van der Waals surface area contributed by atoms with Crippen molar-refractivity contribution in [2.24, 2.45) is 0 Å². The molecule has 1 N–H and O–H groups in total. The van der Waals surface area contributed by atoms with E-state index in [0.29, 0.717) is 22.2 Å². The number of halogens is 2. The number of hydrogen-bond donors (Lipinski definition) is 1. The van der Waals surface area contributed by atoms with Crippen LogP contribution in [0.5, 0.6) is 0 Å². The minimum Gasteiger partial charge on any atom is -0.352 e. The molecule has 0 aliphatic rings. The Morgan fingerprint density at radius 1 is 1.00 bits per heavy atom. The lowest BCUT2D eigenvalue weighted by Crippen LogP contribution is -2.50. The quantitative estimate of drug-likeness (QED) is 0.341. The number of nitrogens with zero attached hydrogens (tertiary/aromatic N) is 2. The maximum atomic E-state index is 13.5. The van der Waals surface area contributed by atoms with Gasteiger partial charge in [0.25, 0.3) is 0 Å². The van der Waals surface area contributed by atoms with E-state index in [-0.39, 0.29) is 43.8 Å². The summed E-state index contributed by atoms with van der Waals surface area (Å²) < 4.78 is 26.4. The molecule has 0 saturated heterocycles. The molecule has 2 aromatic carbocycles. The second-order valence-corrected chi connectivity index (χ2v) is 12.0. The van der Waals surface area contributed by atoms with E-state index in [2.05, 4.69) is 5.32 Å². The predicted molar refractivity (Wildman–Crippen MR) is 152 cm³/mol. The maximum absolute atomic E-state index is 13.5. The summed E-state index contributed by atoms with van der Waals surface area (Å²) in [6.07, 6.45) is 2.70. The van der Waals surface area contributed by atoms with Crippen molar-refractivity contribution in [2.75, 3.05) is 17.1 Å². The Balaban J connectivity index is 2.25. The Morgan fingerprint density at radius 2 is 1.62 bits per heavy atom. The van der Waals surface area contributed by atoms with Gasteiger partial charge in [0.1, 0.15) is 6.04 Å². The number of carbonyl (C=O) groups excluding carboxylic acids is 2. The van der Waals surface area contributed by atoms with E-state index >= 15 is 0 Å². The average molecular weight is 571 g/mol. The molecule has 37 heavy (non-hydrogen) atoms. The number of hydrogen-bond acceptors (Lipinski definition) is 4. The summed E-state index contributed by atoms with van der Waals surface area (Å²) in [5.74, 6) is -0.427. The van der Waals surface area contributed by atoms with Crippen LogP contribution in [0.15, 0.2) is 42.5 Å². The molecule has 0 aliphatic carbocycles. The van der Waals surface area contributed by atoms with Gasteiger partial charge in [0, 0.05) is 35.6 Å². The lowest BCUT2D eigenvalue weighted by Gasteiger charge is -2.32. The van der Waals surface area contributed by atoms with Crippen molar-refractivity contribution < 1.29 is 18.0 Å². The van der Waals surface area contributed by atoms with E-state index in [9.17, 15) is 18.0 Å². The molecule has 0 fully saturated rings. The summed E-state index contributed by atoms with van der Waals surface area (Å²) in [6, 6.07) is 11.6. The highest BCUT2D eigenvalue weighted by molar-refractivity contribution is 7.92. The van der Waals surface area contributed by atoms with Crippen LogP contribution in [0, 0.1) is 6.92 Å². The molecule has 0 spiro atoms. The third-order valence-corrected chi connectivity index (χ3v) is 7.91. The first-order valence-electron chi connectivity index (χ1n) is 12.5. The van der Waals surface area contributed by atoms with Crippen molar-refractivity contribution in [3.63, 3.8) is 0 Å². The van der Waals surface area contributed by atoms with Gasteiger partial charge in [0.05, 0.1) is 11.9 Å². The molecule has 2 atom stereocenters. The number of benzene rings is 2. The van der Waals surface area contributed by atoms with Gasteiger partial charge in [-0.2, -0.15) is 0 Å². The van der Waals surface area contributed by atoms with Gasteiger partial charge in [0.15, 0.2) is 0 Å². The first-order valence-corrected chi connectivity index (χ1v) is 15.1. The Morgan fingerprint density at radius 3 is 2.19 bits per heavy atom. The Bertz CT molecular complexity index is 1170. The minimum absolute atomic E-state index is 0.0155. The van der Waals surface area contributed by atoms with E-state index in [1.54, 1.807) is 35.2 Å². The molecule has 0 saturated carbocycles. The number of aryl methyl sites for hydroxylation is 1. The van der Waals surface area contributed by atoms with Gasteiger partial charge < -0.3 is 10.2 Å². The normalized spacial score (nSPS) is 13.1.